The highest BCUT2D eigenvalue weighted by atomic mass is 16.8. The number of hydrogen-bond donors (Lipinski definition) is 0. The van der Waals surface area contributed by atoms with Crippen molar-refractivity contribution in [3.63, 3.8) is 0 Å². The molecule has 28 heavy (non-hydrogen) atoms. The van der Waals surface area contributed by atoms with E-state index in [1.807, 2.05) is 60.7 Å². The first-order chi connectivity index (χ1) is 13.6. The summed E-state index contributed by atoms with van der Waals surface area (Å²) in [6.45, 7) is 1.72. The quantitative estimate of drug-likeness (QED) is 0.595. The summed E-state index contributed by atoms with van der Waals surface area (Å²) in [7, 11) is 1.27. The number of Topliss-reactive ketones (excluding diaryl/α,β-unsaturated/α-hetero) is 1. The van der Waals surface area contributed by atoms with Crippen LogP contribution in [-0.4, -0.2) is 24.6 Å². The lowest BCUT2D eigenvalue weighted by atomic mass is 9.86. The number of carbonyl (C=O) groups excluding carboxylic acids is 2. The third kappa shape index (κ3) is 3.07. The minimum Gasteiger partial charge on any atom is -0.465 e. The lowest BCUT2D eigenvalue weighted by Crippen LogP contribution is -2.39. The second kappa shape index (κ2) is 7.34. The number of methoxy groups -OCH3 is 1. The summed E-state index contributed by atoms with van der Waals surface area (Å²) in [5.74, 6) is -2.01. The summed E-state index contributed by atoms with van der Waals surface area (Å²) >= 11 is 0. The lowest BCUT2D eigenvalue weighted by molar-refractivity contribution is -0.163. The summed E-state index contributed by atoms with van der Waals surface area (Å²) < 4.78 is 17.8. The Morgan fingerprint density at radius 2 is 1.46 bits per heavy atom. The fourth-order valence-electron chi connectivity index (χ4n) is 3.99. The second-order valence-electron chi connectivity index (χ2n) is 7.07. The zero-order chi connectivity index (χ0) is 19.7. The van der Waals surface area contributed by atoms with E-state index < -0.39 is 11.8 Å². The van der Waals surface area contributed by atoms with Crippen molar-refractivity contribution < 1.29 is 23.8 Å². The molecule has 1 aliphatic heterocycles. The molecule has 0 N–H and O–H groups in total. The van der Waals surface area contributed by atoms with Crippen LogP contribution < -0.4 is 0 Å². The lowest BCUT2D eigenvalue weighted by Gasteiger charge is -2.33. The maximum absolute atomic E-state index is 12.4. The Bertz CT molecular complexity index is 869. The average Bonchev–Trinajstić information content (AvgIpc) is 3.13. The van der Waals surface area contributed by atoms with Gasteiger partial charge < -0.3 is 14.2 Å². The number of rotatable bonds is 3. The summed E-state index contributed by atoms with van der Waals surface area (Å²) in [6.07, 6.45) is -0.174. The van der Waals surface area contributed by atoms with Crippen LogP contribution in [0.3, 0.4) is 0 Å². The van der Waals surface area contributed by atoms with Gasteiger partial charge in [0.1, 0.15) is 17.8 Å². The fraction of sp³-hybridized carbons (Fsp3) is 0.304. The van der Waals surface area contributed by atoms with Crippen LogP contribution in [0.5, 0.6) is 0 Å². The monoisotopic (exact) mass is 378 g/mol. The molecule has 0 bridgehead atoms. The van der Waals surface area contributed by atoms with Gasteiger partial charge in [-0.05, 0) is 18.1 Å². The van der Waals surface area contributed by atoms with Crippen molar-refractivity contribution in [2.24, 2.45) is 0 Å². The van der Waals surface area contributed by atoms with Gasteiger partial charge in [0.25, 0.3) is 0 Å². The molecular weight excluding hydrogens is 356 g/mol. The van der Waals surface area contributed by atoms with Gasteiger partial charge in [-0.3, -0.25) is 4.79 Å². The third-order valence-corrected chi connectivity index (χ3v) is 5.46. The van der Waals surface area contributed by atoms with Gasteiger partial charge in [0.2, 0.25) is 0 Å². The number of ketones is 1. The maximum atomic E-state index is 12.4. The van der Waals surface area contributed by atoms with E-state index in [1.54, 1.807) is 6.92 Å². The van der Waals surface area contributed by atoms with Crippen LogP contribution in [-0.2, 0) is 23.8 Å². The van der Waals surface area contributed by atoms with Crippen LogP contribution in [0.25, 0.3) is 0 Å². The summed E-state index contributed by atoms with van der Waals surface area (Å²) in [5, 5.41) is 0. The van der Waals surface area contributed by atoms with Gasteiger partial charge in [-0.1, -0.05) is 60.7 Å². The van der Waals surface area contributed by atoms with Gasteiger partial charge in [0.15, 0.2) is 11.6 Å². The van der Waals surface area contributed by atoms with Gasteiger partial charge >= 0.3 is 5.97 Å². The highest BCUT2D eigenvalue weighted by Gasteiger charge is 2.53. The Kier molecular flexibility index (Phi) is 4.87. The maximum Gasteiger partial charge on any atom is 0.341 e. The zero-order valence-electron chi connectivity index (χ0n) is 15.9. The zero-order valence-corrected chi connectivity index (χ0v) is 15.9. The molecule has 2 aliphatic rings. The molecule has 5 heteroatoms. The summed E-state index contributed by atoms with van der Waals surface area (Å²) in [5.41, 5.74) is 2.49. The first-order valence-electron chi connectivity index (χ1n) is 9.34. The van der Waals surface area contributed by atoms with Crippen molar-refractivity contribution in [1.82, 2.24) is 0 Å². The molecule has 2 aromatic rings. The smallest absolute Gasteiger partial charge is 0.341 e. The van der Waals surface area contributed by atoms with E-state index in [0.29, 0.717) is 12.0 Å². The summed E-state index contributed by atoms with van der Waals surface area (Å²) in [4.78, 5) is 24.6. The molecular formula is C23H22O5. The van der Waals surface area contributed by atoms with Crippen molar-refractivity contribution >= 4 is 11.8 Å². The van der Waals surface area contributed by atoms with Gasteiger partial charge in [-0.15, -0.1) is 0 Å². The minimum absolute atomic E-state index is 0.0364. The van der Waals surface area contributed by atoms with E-state index in [4.69, 9.17) is 14.2 Å². The molecule has 1 saturated heterocycles. The molecule has 0 aromatic heterocycles. The van der Waals surface area contributed by atoms with Crippen LogP contribution in [0.2, 0.25) is 0 Å². The number of benzene rings is 2. The van der Waals surface area contributed by atoms with Gasteiger partial charge in [-0.25, -0.2) is 4.79 Å². The molecule has 5 nitrogen and oxygen atoms in total. The molecule has 0 saturated carbocycles. The summed E-state index contributed by atoms with van der Waals surface area (Å²) in [6, 6.07) is 19.7. The standard InChI is InChI=1S/C23H22O5/c1-15-19(22(25)26-2)18(24)13-14-23(15)27-20(16-9-5-3-6-10-16)21(28-23)17-11-7-4-8-12-17/h3-12,20-21H,13-14H2,1-2H3/t20-,21-/m1/s1. The van der Waals surface area contributed by atoms with E-state index in [1.165, 1.54) is 7.11 Å². The number of esters is 1. The Morgan fingerprint density at radius 1 is 0.964 bits per heavy atom. The highest BCUT2D eigenvalue weighted by molar-refractivity contribution is 6.18. The van der Waals surface area contributed by atoms with E-state index in [-0.39, 0.29) is 30.0 Å². The molecule has 4 rings (SSSR count). The molecule has 1 heterocycles. The van der Waals surface area contributed by atoms with Crippen LogP contribution in [0.4, 0.5) is 0 Å². The molecule has 1 spiro atoms. The Labute approximate surface area is 163 Å². The first-order valence-corrected chi connectivity index (χ1v) is 9.34. The molecule has 1 aliphatic carbocycles. The fourth-order valence-corrected chi connectivity index (χ4v) is 3.99. The molecule has 0 unspecified atom stereocenters. The average molecular weight is 378 g/mol. The van der Waals surface area contributed by atoms with Crippen molar-refractivity contribution in [3.05, 3.63) is 82.9 Å². The van der Waals surface area contributed by atoms with Crippen LogP contribution >= 0.6 is 0 Å². The second-order valence-corrected chi connectivity index (χ2v) is 7.07. The van der Waals surface area contributed by atoms with E-state index in [0.717, 1.165) is 11.1 Å². The van der Waals surface area contributed by atoms with Gasteiger partial charge in [0, 0.05) is 18.4 Å². The minimum atomic E-state index is -1.13. The SMILES string of the molecule is COC(=O)C1=C(C)C2(CCC1=O)O[C@H](c1ccccc1)[C@@H](c1ccccc1)O2. The van der Waals surface area contributed by atoms with Crippen LogP contribution in [0.15, 0.2) is 71.8 Å². The first kappa shape index (κ1) is 18.6. The van der Waals surface area contributed by atoms with Crippen LogP contribution in [0.1, 0.15) is 43.1 Å². The Morgan fingerprint density at radius 3 is 1.93 bits per heavy atom. The van der Waals surface area contributed by atoms with Crippen LogP contribution in [0, 0.1) is 0 Å². The van der Waals surface area contributed by atoms with E-state index in [2.05, 4.69) is 0 Å². The normalized spacial score (nSPS) is 23.9. The van der Waals surface area contributed by atoms with Gasteiger partial charge in [-0.2, -0.15) is 0 Å². The third-order valence-electron chi connectivity index (χ3n) is 5.46. The number of hydrogen-bond acceptors (Lipinski definition) is 5. The predicted molar refractivity (Wildman–Crippen MR) is 102 cm³/mol. The van der Waals surface area contributed by atoms with Crippen molar-refractivity contribution in [2.45, 2.75) is 37.8 Å². The molecule has 1 fully saturated rings. The topological polar surface area (TPSA) is 61.8 Å². The molecule has 0 radical (unpaired) electrons. The molecule has 0 amide bonds. The van der Waals surface area contributed by atoms with Crippen molar-refractivity contribution in [3.8, 4) is 0 Å². The van der Waals surface area contributed by atoms with E-state index >= 15 is 0 Å². The Hall–Kier alpha value is -2.76. The van der Waals surface area contributed by atoms with E-state index in [9.17, 15) is 9.59 Å². The molecule has 144 valence electrons. The molecule has 2 atom stereocenters. The Balaban J connectivity index is 1.81. The largest absolute Gasteiger partial charge is 0.465 e. The number of ether oxygens (including phenoxy) is 3. The predicted octanol–water partition coefficient (Wildman–Crippen LogP) is 4.06. The van der Waals surface area contributed by atoms with Crippen molar-refractivity contribution in [2.75, 3.05) is 7.11 Å². The van der Waals surface area contributed by atoms with Gasteiger partial charge in [0.05, 0.1) is 7.11 Å². The van der Waals surface area contributed by atoms with Crippen molar-refractivity contribution in [1.29, 1.82) is 0 Å². The highest BCUT2D eigenvalue weighted by Crippen LogP contribution is 2.53. The number of carbonyl (C=O) groups is 2. The molecule has 2 aromatic carbocycles.